The van der Waals surface area contributed by atoms with Gasteiger partial charge in [0, 0.05) is 23.7 Å². The van der Waals surface area contributed by atoms with Gasteiger partial charge in [0.1, 0.15) is 0 Å². The molecule has 0 aliphatic heterocycles. The van der Waals surface area contributed by atoms with Crippen LogP contribution in [-0.4, -0.2) is 35.1 Å². The molecule has 0 heterocycles. The van der Waals surface area contributed by atoms with Gasteiger partial charge in [-0.15, -0.1) is 11.8 Å². The summed E-state index contributed by atoms with van der Waals surface area (Å²) in [6.07, 6.45) is 1.83. The second-order valence-corrected chi connectivity index (χ2v) is 6.08. The molecule has 0 bridgehead atoms. The van der Waals surface area contributed by atoms with E-state index in [2.05, 4.69) is 5.32 Å². The zero-order chi connectivity index (χ0) is 15.0. The van der Waals surface area contributed by atoms with Crippen molar-refractivity contribution in [2.45, 2.75) is 31.6 Å². The predicted molar refractivity (Wildman–Crippen MR) is 83.8 cm³/mol. The minimum absolute atomic E-state index is 0.197. The minimum Gasteiger partial charge on any atom is -0.478 e. The lowest BCUT2D eigenvalue weighted by Crippen LogP contribution is -2.10. The van der Waals surface area contributed by atoms with Crippen molar-refractivity contribution < 1.29 is 15.0 Å². The van der Waals surface area contributed by atoms with E-state index in [-0.39, 0.29) is 12.5 Å². The summed E-state index contributed by atoms with van der Waals surface area (Å²) in [6, 6.07) is 5.53. The second kappa shape index (κ2) is 8.87. The third-order valence-electron chi connectivity index (χ3n) is 3.04. The maximum Gasteiger partial charge on any atom is 0.338 e. The number of benzene rings is 1. The van der Waals surface area contributed by atoms with Gasteiger partial charge < -0.3 is 15.5 Å². The Hall–Kier alpha value is -1.20. The van der Waals surface area contributed by atoms with E-state index in [1.54, 1.807) is 6.07 Å². The molecule has 1 aromatic rings. The van der Waals surface area contributed by atoms with Crippen LogP contribution in [0, 0.1) is 5.92 Å². The fourth-order valence-corrected chi connectivity index (χ4v) is 2.77. The molecule has 1 unspecified atom stereocenters. The molecule has 5 heteroatoms. The van der Waals surface area contributed by atoms with Crippen LogP contribution in [0.4, 0.5) is 5.69 Å². The summed E-state index contributed by atoms with van der Waals surface area (Å²) in [5, 5.41) is 21.5. The second-order valence-electron chi connectivity index (χ2n) is 4.77. The van der Waals surface area contributed by atoms with Crippen LogP contribution >= 0.6 is 11.8 Å². The minimum atomic E-state index is -0.896. The molecule has 0 saturated heterocycles. The van der Waals surface area contributed by atoms with Crippen LogP contribution in [0.3, 0.4) is 0 Å². The third-order valence-corrected chi connectivity index (χ3v) is 3.98. The molecule has 0 aliphatic carbocycles. The fraction of sp³-hybridized carbons (Fsp3) is 0.533. The molecule has 0 spiro atoms. The van der Waals surface area contributed by atoms with Gasteiger partial charge in [-0.25, -0.2) is 4.79 Å². The van der Waals surface area contributed by atoms with E-state index >= 15 is 0 Å². The van der Waals surface area contributed by atoms with Gasteiger partial charge in [0.25, 0.3) is 0 Å². The number of rotatable bonds is 9. The van der Waals surface area contributed by atoms with Gasteiger partial charge in [0.15, 0.2) is 0 Å². The lowest BCUT2D eigenvalue weighted by atomic mass is 10.1. The van der Waals surface area contributed by atoms with Crippen molar-refractivity contribution in [2.24, 2.45) is 5.92 Å². The quantitative estimate of drug-likeness (QED) is 0.482. The number of nitrogens with one attached hydrogen (secondary N) is 1. The molecular weight excluding hydrogens is 274 g/mol. The van der Waals surface area contributed by atoms with Crippen molar-refractivity contribution in [2.75, 3.05) is 24.2 Å². The van der Waals surface area contributed by atoms with E-state index in [0.29, 0.717) is 17.8 Å². The Morgan fingerprint density at radius 1 is 1.45 bits per heavy atom. The molecule has 0 aromatic heterocycles. The molecule has 3 N–H and O–H groups in total. The number of aliphatic hydroxyl groups is 1. The van der Waals surface area contributed by atoms with Gasteiger partial charge in [-0.3, -0.25) is 0 Å². The summed E-state index contributed by atoms with van der Waals surface area (Å²) >= 11 is 1.54. The standard InChI is InChI=1S/C15H23NO3S/c1-3-20-13-8-4-7-12(14(13)15(18)19)16-9-5-6-11(2)10-17/h4,7-8,11,16-17H,3,5-6,9-10H2,1-2H3,(H,18,19). The van der Waals surface area contributed by atoms with E-state index in [1.165, 1.54) is 11.8 Å². The van der Waals surface area contributed by atoms with Crippen LogP contribution in [-0.2, 0) is 0 Å². The van der Waals surface area contributed by atoms with E-state index in [9.17, 15) is 9.90 Å². The number of hydrogen-bond donors (Lipinski definition) is 3. The zero-order valence-corrected chi connectivity index (χ0v) is 12.9. The van der Waals surface area contributed by atoms with Crippen LogP contribution in [0.25, 0.3) is 0 Å². The lowest BCUT2D eigenvalue weighted by Gasteiger charge is -2.13. The van der Waals surface area contributed by atoms with Crippen LogP contribution in [0.2, 0.25) is 0 Å². The first-order valence-electron chi connectivity index (χ1n) is 6.94. The molecule has 112 valence electrons. The number of aromatic carboxylic acids is 1. The van der Waals surface area contributed by atoms with Crippen LogP contribution in [0.15, 0.2) is 23.1 Å². The molecule has 1 rings (SSSR count). The average Bonchev–Trinajstić information content (AvgIpc) is 2.43. The van der Waals surface area contributed by atoms with Crippen LogP contribution < -0.4 is 5.32 Å². The number of aliphatic hydroxyl groups excluding tert-OH is 1. The van der Waals surface area contributed by atoms with E-state index in [1.807, 2.05) is 26.0 Å². The maximum atomic E-state index is 11.4. The number of carboxylic acid groups (broad SMARTS) is 1. The lowest BCUT2D eigenvalue weighted by molar-refractivity contribution is 0.0694. The molecule has 1 atom stereocenters. The first-order valence-corrected chi connectivity index (χ1v) is 7.92. The average molecular weight is 297 g/mol. The topological polar surface area (TPSA) is 69.6 Å². The summed E-state index contributed by atoms with van der Waals surface area (Å²) in [5.74, 6) is 0.239. The SMILES string of the molecule is CCSc1cccc(NCCCC(C)CO)c1C(=O)O. The Morgan fingerprint density at radius 2 is 2.20 bits per heavy atom. The molecular formula is C15H23NO3S. The van der Waals surface area contributed by atoms with Crippen LogP contribution in [0.5, 0.6) is 0 Å². The number of carbonyl (C=O) groups is 1. The van der Waals surface area contributed by atoms with Crippen molar-refractivity contribution in [3.05, 3.63) is 23.8 Å². The first kappa shape index (κ1) is 16.9. The van der Waals surface area contributed by atoms with E-state index in [4.69, 9.17) is 5.11 Å². The molecule has 0 saturated carbocycles. The molecule has 0 amide bonds. The number of hydrogen-bond acceptors (Lipinski definition) is 4. The smallest absolute Gasteiger partial charge is 0.338 e. The Labute approximate surface area is 124 Å². The molecule has 0 aliphatic rings. The Kier molecular flexibility index (Phi) is 7.47. The normalized spacial score (nSPS) is 12.2. The van der Waals surface area contributed by atoms with Crippen molar-refractivity contribution in [1.82, 2.24) is 0 Å². The molecule has 0 fully saturated rings. The van der Waals surface area contributed by atoms with Gasteiger partial charge in [0.05, 0.1) is 5.56 Å². The first-order chi connectivity index (χ1) is 9.60. The highest BCUT2D eigenvalue weighted by atomic mass is 32.2. The number of carboxylic acids is 1. The van der Waals surface area contributed by atoms with Gasteiger partial charge in [-0.2, -0.15) is 0 Å². The Bertz CT molecular complexity index is 437. The number of thioether (sulfide) groups is 1. The monoisotopic (exact) mass is 297 g/mol. The Morgan fingerprint density at radius 3 is 2.80 bits per heavy atom. The van der Waals surface area contributed by atoms with Gasteiger partial charge in [-0.1, -0.05) is 19.9 Å². The van der Waals surface area contributed by atoms with Crippen molar-refractivity contribution in [3.8, 4) is 0 Å². The zero-order valence-electron chi connectivity index (χ0n) is 12.1. The van der Waals surface area contributed by atoms with E-state index < -0.39 is 5.97 Å². The summed E-state index contributed by atoms with van der Waals surface area (Å²) < 4.78 is 0. The molecule has 1 aromatic carbocycles. The van der Waals surface area contributed by atoms with E-state index in [0.717, 1.165) is 23.5 Å². The van der Waals surface area contributed by atoms with Crippen LogP contribution in [0.1, 0.15) is 37.0 Å². The summed E-state index contributed by atoms with van der Waals surface area (Å²) in [5.41, 5.74) is 1.03. The third kappa shape index (κ3) is 5.06. The summed E-state index contributed by atoms with van der Waals surface area (Å²) in [4.78, 5) is 12.2. The highest BCUT2D eigenvalue weighted by Gasteiger charge is 2.15. The number of anilines is 1. The predicted octanol–water partition coefficient (Wildman–Crippen LogP) is 3.32. The molecule has 4 nitrogen and oxygen atoms in total. The van der Waals surface area contributed by atoms with Gasteiger partial charge in [0.2, 0.25) is 0 Å². The summed E-state index contributed by atoms with van der Waals surface area (Å²) in [7, 11) is 0. The summed E-state index contributed by atoms with van der Waals surface area (Å²) in [6.45, 7) is 4.92. The van der Waals surface area contributed by atoms with Crippen molar-refractivity contribution in [3.63, 3.8) is 0 Å². The van der Waals surface area contributed by atoms with Gasteiger partial charge in [-0.05, 0) is 36.6 Å². The molecule has 20 heavy (non-hydrogen) atoms. The largest absolute Gasteiger partial charge is 0.478 e. The highest BCUT2D eigenvalue weighted by Crippen LogP contribution is 2.28. The fourth-order valence-electron chi connectivity index (χ4n) is 1.94. The molecule has 0 radical (unpaired) electrons. The van der Waals surface area contributed by atoms with Crippen molar-refractivity contribution >= 4 is 23.4 Å². The maximum absolute atomic E-state index is 11.4. The highest BCUT2D eigenvalue weighted by molar-refractivity contribution is 7.99. The van der Waals surface area contributed by atoms with Crippen molar-refractivity contribution in [1.29, 1.82) is 0 Å². The Balaban J connectivity index is 2.69. The van der Waals surface area contributed by atoms with Gasteiger partial charge >= 0.3 is 5.97 Å².